The summed E-state index contributed by atoms with van der Waals surface area (Å²) in [4.78, 5) is 24.8. The van der Waals surface area contributed by atoms with Crippen LogP contribution < -0.4 is 0 Å². The molecule has 0 atom stereocenters. The highest BCUT2D eigenvalue weighted by molar-refractivity contribution is 7.91. The Balaban J connectivity index is 2.09. The minimum absolute atomic E-state index is 0.00108. The standard InChI is InChI=1S/C14H20N2O5S2/c1-14(2,3)13(19)15-4-6-16(7-5-15)23(20,21)11-8-10(9-22-11)12(17)18/h8-9H,4-7H2,1-3H3,(H,17,18). The average molecular weight is 360 g/mol. The van der Waals surface area contributed by atoms with Crippen molar-refractivity contribution < 1.29 is 23.1 Å². The molecule has 2 rings (SSSR count). The molecule has 1 saturated heterocycles. The molecule has 1 fully saturated rings. The SMILES string of the molecule is CC(C)(C)C(=O)N1CCN(S(=O)(=O)c2cc(C(=O)O)cs2)CC1. The van der Waals surface area contributed by atoms with Crippen LogP contribution in [0.15, 0.2) is 15.7 Å². The van der Waals surface area contributed by atoms with E-state index in [0.29, 0.717) is 13.1 Å². The number of hydrogen-bond acceptors (Lipinski definition) is 5. The van der Waals surface area contributed by atoms with Crippen LogP contribution in [0.4, 0.5) is 0 Å². The van der Waals surface area contributed by atoms with Crippen molar-refractivity contribution in [2.24, 2.45) is 5.41 Å². The molecule has 0 spiro atoms. The summed E-state index contributed by atoms with van der Waals surface area (Å²) in [5.41, 5.74) is -0.527. The van der Waals surface area contributed by atoms with Gasteiger partial charge < -0.3 is 10.0 Å². The first kappa shape index (κ1) is 17.9. The summed E-state index contributed by atoms with van der Waals surface area (Å²) < 4.78 is 26.4. The summed E-state index contributed by atoms with van der Waals surface area (Å²) in [5, 5.41) is 10.2. The molecule has 1 aromatic heterocycles. The van der Waals surface area contributed by atoms with Crippen LogP contribution in [-0.2, 0) is 14.8 Å². The fraction of sp³-hybridized carbons (Fsp3) is 0.571. The van der Waals surface area contributed by atoms with Crippen LogP contribution in [0.1, 0.15) is 31.1 Å². The van der Waals surface area contributed by atoms with E-state index < -0.39 is 21.4 Å². The van der Waals surface area contributed by atoms with Crippen LogP contribution in [0.3, 0.4) is 0 Å². The molecule has 0 unspecified atom stereocenters. The van der Waals surface area contributed by atoms with Crippen molar-refractivity contribution >= 4 is 33.2 Å². The van der Waals surface area contributed by atoms with E-state index in [-0.39, 0.29) is 28.8 Å². The molecule has 0 aromatic carbocycles. The van der Waals surface area contributed by atoms with Crippen LogP contribution in [0.2, 0.25) is 0 Å². The van der Waals surface area contributed by atoms with Crippen LogP contribution in [0, 0.1) is 5.41 Å². The van der Waals surface area contributed by atoms with Gasteiger partial charge in [-0.2, -0.15) is 4.31 Å². The Morgan fingerprint density at radius 1 is 1.17 bits per heavy atom. The minimum Gasteiger partial charge on any atom is -0.478 e. The highest BCUT2D eigenvalue weighted by Crippen LogP contribution is 2.26. The molecule has 0 saturated carbocycles. The smallest absolute Gasteiger partial charge is 0.336 e. The number of thiophene rings is 1. The number of carbonyl (C=O) groups is 2. The second-order valence-electron chi connectivity index (χ2n) is 6.41. The number of nitrogens with zero attached hydrogens (tertiary/aromatic N) is 2. The van der Waals surface area contributed by atoms with Gasteiger partial charge in [-0.3, -0.25) is 4.79 Å². The Bertz CT molecular complexity index is 710. The van der Waals surface area contributed by atoms with Crippen LogP contribution >= 0.6 is 11.3 Å². The third kappa shape index (κ3) is 3.73. The maximum absolute atomic E-state index is 12.5. The molecule has 1 aliphatic rings. The second-order valence-corrected chi connectivity index (χ2v) is 9.48. The molecule has 0 radical (unpaired) electrons. The van der Waals surface area contributed by atoms with Gasteiger partial charge >= 0.3 is 5.97 Å². The van der Waals surface area contributed by atoms with Crippen LogP contribution in [0.25, 0.3) is 0 Å². The van der Waals surface area contributed by atoms with E-state index in [1.54, 1.807) is 4.90 Å². The summed E-state index contributed by atoms with van der Waals surface area (Å²) >= 11 is 0.899. The Morgan fingerprint density at radius 2 is 1.74 bits per heavy atom. The first-order chi connectivity index (χ1) is 10.5. The fourth-order valence-corrected chi connectivity index (χ4v) is 5.03. The zero-order valence-electron chi connectivity index (χ0n) is 13.3. The van der Waals surface area contributed by atoms with Gasteiger partial charge in [0.05, 0.1) is 5.56 Å². The molecule has 1 aliphatic heterocycles. The summed E-state index contributed by atoms with van der Waals surface area (Å²) in [5.74, 6) is -1.15. The molecule has 128 valence electrons. The lowest BCUT2D eigenvalue weighted by Crippen LogP contribution is -2.52. The van der Waals surface area contributed by atoms with Gasteiger partial charge in [0.15, 0.2) is 0 Å². The predicted octanol–water partition coefficient (Wildman–Crippen LogP) is 1.33. The lowest BCUT2D eigenvalue weighted by molar-refractivity contribution is -0.140. The predicted molar refractivity (Wildman–Crippen MR) is 86.1 cm³/mol. The maximum Gasteiger partial charge on any atom is 0.336 e. The van der Waals surface area contributed by atoms with E-state index in [1.165, 1.54) is 15.8 Å². The summed E-state index contributed by atoms with van der Waals surface area (Å²) in [6.07, 6.45) is 0. The number of rotatable bonds is 3. The molecule has 1 aromatic rings. The van der Waals surface area contributed by atoms with Gasteiger partial charge in [-0.25, -0.2) is 13.2 Å². The Kier molecular flexibility index (Phi) is 4.84. The van der Waals surface area contributed by atoms with E-state index in [1.807, 2.05) is 20.8 Å². The molecule has 0 aliphatic carbocycles. The summed E-state index contributed by atoms with van der Waals surface area (Å²) in [6.45, 7) is 6.60. The maximum atomic E-state index is 12.5. The summed E-state index contributed by atoms with van der Waals surface area (Å²) in [6, 6.07) is 1.18. The van der Waals surface area contributed by atoms with E-state index in [4.69, 9.17) is 5.11 Å². The molecule has 2 heterocycles. The van der Waals surface area contributed by atoms with Gasteiger partial charge in [-0.1, -0.05) is 20.8 Å². The number of sulfonamides is 1. The quantitative estimate of drug-likeness (QED) is 0.877. The molecule has 9 heteroatoms. The van der Waals surface area contributed by atoms with Gasteiger partial charge in [0.1, 0.15) is 4.21 Å². The third-order valence-electron chi connectivity index (χ3n) is 3.58. The van der Waals surface area contributed by atoms with Crippen molar-refractivity contribution in [2.75, 3.05) is 26.2 Å². The van der Waals surface area contributed by atoms with Crippen LogP contribution in [0.5, 0.6) is 0 Å². The van der Waals surface area contributed by atoms with E-state index in [9.17, 15) is 18.0 Å². The Morgan fingerprint density at radius 3 is 2.17 bits per heavy atom. The van der Waals surface area contributed by atoms with Crippen molar-refractivity contribution in [1.29, 1.82) is 0 Å². The monoisotopic (exact) mass is 360 g/mol. The third-order valence-corrected chi connectivity index (χ3v) is 6.90. The number of hydrogen-bond donors (Lipinski definition) is 1. The first-order valence-electron chi connectivity index (χ1n) is 7.15. The van der Waals surface area contributed by atoms with Gasteiger partial charge in [-0.15, -0.1) is 11.3 Å². The molecule has 1 amide bonds. The second kappa shape index (κ2) is 6.21. The lowest BCUT2D eigenvalue weighted by atomic mass is 9.94. The number of carboxylic acid groups (broad SMARTS) is 1. The van der Waals surface area contributed by atoms with Gasteiger partial charge in [-0.05, 0) is 6.07 Å². The number of carboxylic acids is 1. The average Bonchev–Trinajstić information content (AvgIpc) is 2.96. The zero-order chi connectivity index (χ0) is 17.4. The van der Waals surface area contributed by atoms with Crippen molar-refractivity contribution in [1.82, 2.24) is 9.21 Å². The summed E-state index contributed by atoms with van der Waals surface area (Å²) in [7, 11) is -3.71. The molecule has 1 N–H and O–H groups in total. The van der Waals surface area contributed by atoms with E-state index >= 15 is 0 Å². The molecule has 7 nitrogen and oxygen atoms in total. The highest BCUT2D eigenvalue weighted by atomic mass is 32.2. The largest absolute Gasteiger partial charge is 0.478 e. The van der Waals surface area contributed by atoms with Crippen molar-refractivity contribution in [3.05, 3.63) is 17.0 Å². The zero-order valence-corrected chi connectivity index (χ0v) is 14.9. The fourth-order valence-electron chi connectivity index (χ4n) is 2.30. The Labute approximate surface area is 139 Å². The topological polar surface area (TPSA) is 95.0 Å². The molecule has 23 heavy (non-hydrogen) atoms. The van der Waals surface area contributed by atoms with Crippen molar-refractivity contribution in [3.8, 4) is 0 Å². The van der Waals surface area contributed by atoms with Gasteiger partial charge in [0, 0.05) is 37.0 Å². The highest BCUT2D eigenvalue weighted by Gasteiger charge is 2.34. The van der Waals surface area contributed by atoms with Gasteiger partial charge in [0.2, 0.25) is 5.91 Å². The van der Waals surface area contributed by atoms with E-state index in [2.05, 4.69) is 0 Å². The minimum atomic E-state index is -3.71. The molecule has 0 bridgehead atoms. The number of aromatic carboxylic acids is 1. The first-order valence-corrected chi connectivity index (χ1v) is 9.47. The number of carbonyl (C=O) groups excluding carboxylic acids is 1. The van der Waals surface area contributed by atoms with Crippen LogP contribution in [-0.4, -0.2) is 60.8 Å². The molecular weight excluding hydrogens is 340 g/mol. The molecular formula is C14H20N2O5S2. The van der Waals surface area contributed by atoms with Crippen molar-refractivity contribution in [2.45, 2.75) is 25.0 Å². The lowest BCUT2D eigenvalue weighted by Gasteiger charge is -2.36. The Hall–Kier alpha value is -1.45. The number of piperazine rings is 1. The number of amides is 1. The van der Waals surface area contributed by atoms with Gasteiger partial charge in [0.25, 0.3) is 10.0 Å². The van der Waals surface area contributed by atoms with Crippen molar-refractivity contribution in [3.63, 3.8) is 0 Å². The normalized spacial score (nSPS) is 17.3. The van der Waals surface area contributed by atoms with E-state index in [0.717, 1.165) is 11.3 Å².